The van der Waals surface area contributed by atoms with Crippen molar-refractivity contribution < 1.29 is 4.79 Å². The van der Waals surface area contributed by atoms with Crippen molar-refractivity contribution in [1.29, 1.82) is 0 Å². The SMILES string of the molecule is O=C1N=C(N2CCC(c3ccccc3)C2)SC1=Cc1ccc(Br)cc1. The summed E-state index contributed by atoms with van der Waals surface area (Å²) in [7, 11) is 0. The van der Waals surface area contributed by atoms with Gasteiger partial charge in [0.15, 0.2) is 5.17 Å². The fourth-order valence-corrected chi connectivity index (χ4v) is 4.39. The summed E-state index contributed by atoms with van der Waals surface area (Å²) in [6, 6.07) is 18.5. The highest BCUT2D eigenvalue weighted by atomic mass is 79.9. The molecule has 1 unspecified atom stereocenters. The first-order valence-electron chi connectivity index (χ1n) is 8.27. The summed E-state index contributed by atoms with van der Waals surface area (Å²) in [6.45, 7) is 1.87. The molecule has 5 heteroatoms. The third kappa shape index (κ3) is 3.72. The van der Waals surface area contributed by atoms with Gasteiger partial charge in [-0.25, -0.2) is 0 Å². The molecule has 3 nitrogen and oxygen atoms in total. The van der Waals surface area contributed by atoms with Gasteiger partial charge in [-0.1, -0.05) is 58.4 Å². The molecule has 2 aliphatic heterocycles. The number of amidine groups is 1. The Morgan fingerprint density at radius 2 is 1.88 bits per heavy atom. The molecule has 0 aromatic heterocycles. The van der Waals surface area contributed by atoms with Crippen molar-refractivity contribution in [3.8, 4) is 0 Å². The smallest absolute Gasteiger partial charge is 0.286 e. The molecular weight excluding hydrogens is 396 g/mol. The molecule has 2 aromatic carbocycles. The number of benzene rings is 2. The molecule has 0 bridgehead atoms. The minimum absolute atomic E-state index is 0.133. The first-order valence-corrected chi connectivity index (χ1v) is 9.88. The third-order valence-corrected chi connectivity index (χ3v) is 6.08. The van der Waals surface area contributed by atoms with Gasteiger partial charge in [-0.15, -0.1) is 0 Å². The largest absolute Gasteiger partial charge is 0.350 e. The van der Waals surface area contributed by atoms with Crippen molar-refractivity contribution in [2.45, 2.75) is 12.3 Å². The molecule has 0 radical (unpaired) electrons. The van der Waals surface area contributed by atoms with Crippen LogP contribution in [0, 0.1) is 0 Å². The molecule has 1 atom stereocenters. The Hall–Kier alpha value is -1.85. The minimum Gasteiger partial charge on any atom is -0.350 e. The molecule has 0 aliphatic carbocycles. The predicted molar refractivity (Wildman–Crippen MR) is 108 cm³/mol. The summed E-state index contributed by atoms with van der Waals surface area (Å²) < 4.78 is 1.03. The van der Waals surface area contributed by atoms with Gasteiger partial charge in [0.1, 0.15) is 0 Å². The van der Waals surface area contributed by atoms with E-state index in [2.05, 4.69) is 50.1 Å². The van der Waals surface area contributed by atoms with Crippen molar-refractivity contribution >= 4 is 44.8 Å². The molecule has 25 heavy (non-hydrogen) atoms. The van der Waals surface area contributed by atoms with E-state index in [4.69, 9.17) is 0 Å². The maximum atomic E-state index is 12.3. The predicted octanol–water partition coefficient (Wildman–Crippen LogP) is 4.91. The minimum atomic E-state index is -0.133. The summed E-state index contributed by atoms with van der Waals surface area (Å²) in [5, 5.41) is 0.840. The van der Waals surface area contributed by atoms with Gasteiger partial charge in [0.2, 0.25) is 0 Å². The number of likely N-dealkylation sites (tertiary alicyclic amines) is 1. The van der Waals surface area contributed by atoms with Crippen LogP contribution in [0.5, 0.6) is 0 Å². The van der Waals surface area contributed by atoms with Gasteiger partial charge in [-0.05, 0) is 47.5 Å². The molecule has 1 saturated heterocycles. The highest BCUT2D eigenvalue weighted by molar-refractivity contribution is 9.10. The van der Waals surface area contributed by atoms with Crippen LogP contribution in [-0.4, -0.2) is 29.1 Å². The van der Waals surface area contributed by atoms with Crippen LogP contribution in [0.3, 0.4) is 0 Å². The lowest BCUT2D eigenvalue weighted by Crippen LogP contribution is -2.24. The Balaban J connectivity index is 1.45. The van der Waals surface area contributed by atoms with Gasteiger partial charge in [0.25, 0.3) is 5.91 Å². The Morgan fingerprint density at radius 3 is 2.64 bits per heavy atom. The Labute approximate surface area is 160 Å². The fraction of sp³-hybridized carbons (Fsp3) is 0.200. The number of thioether (sulfide) groups is 1. The molecule has 2 aliphatic rings. The number of halogens is 1. The van der Waals surface area contributed by atoms with E-state index in [0.717, 1.165) is 34.7 Å². The Bertz CT molecular complexity index is 846. The number of carbonyl (C=O) groups is 1. The number of carbonyl (C=O) groups excluding carboxylic acids is 1. The average Bonchev–Trinajstić information content (AvgIpc) is 3.25. The normalized spacial score (nSPS) is 21.9. The number of nitrogens with zero attached hydrogens (tertiary/aromatic N) is 2. The van der Waals surface area contributed by atoms with Crippen LogP contribution >= 0.6 is 27.7 Å². The van der Waals surface area contributed by atoms with Crippen LogP contribution in [0.25, 0.3) is 6.08 Å². The van der Waals surface area contributed by atoms with Gasteiger partial charge in [-0.3, -0.25) is 4.79 Å². The zero-order chi connectivity index (χ0) is 17.2. The van der Waals surface area contributed by atoms with E-state index in [1.165, 1.54) is 17.3 Å². The average molecular weight is 413 g/mol. The summed E-state index contributed by atoms with van der Waals surface area (Å²) in [4.78, 5) is 19.5. The van der Waals surface area contributed by atoms with E-state index in [-0.39, 0.29) is 5.91 Å². The zero-order valence-electron chi connectivity index (χ0n) is 13.6. The number of hydrogen-bond donors (Lipinski definition) is 0. The van der Waals surface area contributed by atoms with Crippen molar-refractivity contribution in [2.24, 2.45) is 4.99 Å². The topological polar surface area (TPSA) is 32.7 Å². The number of hydrogen-bond acceptors (Lipinski definition) is 3. The van der Waals surface area contributed by atoms with E-state index < -0.39 is 0 Å². The van der Waals surface area contributed by atoms with Crippen molar-refractivity contribution in [2.75, 3.05) is 13.1 Å². The maximum absolute atomic E-state index is 12.3. The lowest BCUT2D eigenvalue weighted by molar-refractivity contribution is -0.113. The van der Waals surface area contributed by atoms with Crippen molar-refractivity contribution in [3.63, 3.8) is 0 Å². The standard InChI is InChI=1S/C20H17BrN2OS/c21-17-8-6-14(7-9-17)12-18-19(24)22-20(25-18)23-11-10-16(13-23)15-4-2-1-3-5-15/h1-9,12,16H,10-11,13H2. The molecule has 1 amide bonds. The molecule has 2 heterocycles. The second-order valence-corrected chi connectivity index (χ2v) is 8.13. The molecule has 4 rings (SSSR count). The van der Waals surface area contributed by atoms with Crippen LogP contribution < -0.4 is 0 Å². The molecule has 0 spiro atoms. The van der Waals surface area contributed by atoms with Crippen LogP contribution in [0.15, 0.2) is 69.0 Å². The highest BCUT2D eigenvalue weighted by Crippen LogP contribution is 2.35. The van der Waals surface area contributed by atoms with Gasteiger partial charge in [-0.2, -0.15) is 4.99 Å². The van der Waals surface area contributed by atoms with Gasteiger partial charge >= 0.3 is 0 Å². The first-order chi connectivity index (χ1) is 12.2. The molecule has 1 fully saturated rings. The quantitative estimate of drug-likeness (QED) is 0.656. The van der Waals surface area contributed by atoms with Crippen molar-refractivity contribution in [3.05, 3.63) is 75.1 Å². The molecule has 0 saturated carbocycles. The second kappa shape index (κ2) is 7.18. The van der Waals surface area contributed by atoms with E-state index in [0.29, 0.717) is 10.8 Å². The molecule has 0 N–H and O–H groups in total. The molecule has 2 aromatic rings. The summed E-state index contributed by atoms with van der Waals surface area (Å²) >= 11 is 4.91. The Morgan fingerprint density at radius 1 is 1.12 bits per heavy atom. The monoisotopic (exact) mass is 412 g/mol. The number of amides is 1. The van der Waals surface area contributed by atoms with E-state index >= 15 is 0 Å². The van der Waals surface area contributed by atoms with Gasteiger partial charge in [0.05, 0.1) is 4.91 Å². The van der Waals surface area contributed by atoms with Crippen LogP contribution in [0.2, 0.25) is 0 Å². The molecular formula is C20H17BrN2OS. The van der Waals surface area contributed by atoms with Crippen LogP contribution in [-0.2, 0) is 4.79 Å². The summed E-state index contributed by atoms with van der Waals surface area (Å²) in [5.74, 6) is 0.380. The lowest BCUT2D eigenvalue weighted by atomic mass is 9.99. The fourth-order valence-electron chi connectivity index (χ4n) is 3.17. The van der Waals surface area contributed by atoms with Gasteiger partial charge in [0, 0.05) is 23.5 Å². The number of rotatable bonds is 2. The summed E-state index contributed by atoms with van der Waals surface area (Å²) in [5.41, 5.74) is 2.38. The number of aliphatic imine (C=N–C) groups is 1. The van der Waals surface area contributed by atoms with Crippen LogP contribution in [0.4, 0.5) is 0 Å². The Kier molecular flexibility index (Phi) is 4.77. The van der Waals surface area contributed by atoms with Gasteiger partial charge < -0.3 is 4.90 Å². The van der Waals surface area contributed by atoms with E-state index in [9.17, 15) is 4.79 Å². The van der Waals surface area contributed by atoms with Crippen LogP contribution in [0.1, 0.15) is 23.5 Å². The second-order valence-electron chi connectivity index (χ2n) is 6.20. The van der Waals surface area contributed by atoms with E-state index in [1.54, 1.807) is 0 Å². The lowest BCUT2D eigenvalue weighted by Gasteiger charge is -2.17. The van der Waals surface area contributed by atoms with E-state index in [1.807, 2.05) is 36.4 Å². The molecule has 126 valence electrons. The third-order valence-electron chi connectivity index (χ3n) is 4.51. The summed E-state index contributed by atoms with van der Waals surface area (Å²) in [6.07, 6.45) is 3.02. The zero-order valence-corrected chi connectivity index (χ0v) is 16.0. The highest BCUT2D eigenvalue weighted by Gasteiger charge is 2.31. The first kappa shape index (κ1) is 16.6. The van der Waals surface area contributed by atoms with Crippen molar-refractivity contribution in [1.82, 2.24) is 4.90 Å². The maximum Gasteiger partial charge on any atom is 0.286 e.